The van der Waals surface area contributed by atoms with Gasteiger partial charge >= 0.3 is 0 Å². The van der Waals surface area contributed by atoms with E-state index in [1.165, 1.54) is 5.56 Å². The molecule has 0 radical (unpaired) electrons. The molecule has 1 aromatic heterocycles. The minimum atomic E-state index is -0.116. The number of rotatable bonds is 5. The van der Waals surface area contributed by atoms with Crippen LogP contribution in [0.3, 0.4) is 0 Å². The monoisotopic (exact) mass is 420 g/mol. The van der Waals surface area contributed by atoms with Crippen molar-refractivity contribution >= 4 is 33.5 Å². The first-order valence-corrected chi connectivity index (χ1v) is 10.8. The highest BCUT2D eigenvalue weighted by Crippen LogP contribution is 2.24. The third-order valence-corrected chi connectivity index (χ3v) is 5.72. The number of hydrogen-bond donors (Lipinski definition) is 1. The van der Waals surface area contributed by atoms with Crippen molar-refractivity contribution in [1.29, 1.82) is 0 Å². The number of nitrogens with zero attached hydrogens (tertiary/aromatic N) is 1. The van der Waals surface area contributed by atoms with Gasteiger partial charge in [-0.25, -0.2) is 4.98 Å². The summed E-state index contributed by atoms with van der Waals surface area (Å²) in [6, 6.07) is 27.7. The highest BCUT2D eigenvalue weighted by atomic mass is 16.3. The van der Waals surface area contributed by atoms with E-state index in [9.17, 15) is 4.79 Å². The molecular formula is C28H24N2O2. The maximum Gasteiger partial charge on any atom is 0.256 e. The van der Waals surface area contributed by atoms with Gasteiger partial charge in [0.15, 0.2) is 11.5 Å². The molecule has 1 heterocycles. The summed E-state index contributed by atoms with van der Waals surface area (Å²) < 4.78 is 5.92. The van der Waals surface area contributed by atoms with Gasteiger partial charge in [0.05, 0.1) is 0 Å². The number of aromatic nitrogens is 1. The Balaban J connectivity index is 1.31. The van der Waals surface area contributed by atoms with Gasteiger partial charge in [0.25, 0.3) is 5.91 Å². The van der Waals surface area contributed by atoms with Crippen LogP contribution in [0.15, 0.2) is 89.3 Å². The number of hydrogen-bond acceptors (Lipinski definition) is 3. The minimum absolute atomic E-state index is 0.116. The predicted octanol–water partition coefficient (Wildman–Crippen LogP) is 6.95. The van der Waals surface area contributed by atoms with Gasteiger partial charge in [-0.15, -0.1) is 0 Å². The van der Waals surface area contributed by atoms with Crippen molar-refractivity contribution in [1.82, 2.24) is 4.98 Å². The van der Waals surface area contributed by atoms with E-state index < -0.39 is 0 Å². The maximum atomic E-state index is 12.8. The fourth-order valence-corrected chi connectivity index (χ4v) is 3.93. The summed E-state index contributed by atoms with van der Waals surface area (Å²) in [6.45, 7) is 4.34. The van der Waals surface area contributed by atoms with E-state index in [0.29, 0.717) is 23.8 Å². The van der Waals surface area contributed by atoms with E-state index in [4.69, 9.17) is 4.42 Å². The first kappa shape index (κ1) is 20.0. The zero-order chi connectivity index (χ0) is 22.1. The van der Waals surface area contributed by atoms with E-state index in [2.05, 4.69) is 36.3 Å². The van der Waals surface area contributed by atoms with Crippen LogP contribution in [0, 0.1) is 0 Å². The van der Waals surface area contributed by atoms with Gasteiger partial charge in [-0.3, -0.25) is 4.79 Å². The molecule has 4 nitrogen and oxygen atoms in total. The highest BCUT2D eigenvalue weighted by Gasteiger charge is 2.11. The van der Waals surface area contributed by atoms with Crippen LogP contribution in [0.5, 0.6) is 0 Å². The van der Waals surface area contributed by atoms with Gasteiger partial charge in [0.1, 0.15) is 5.52 Å². The van der Waals surface area contributed by atoms with Crippen molar-refractivity contribution in [3.05, 3.63) is 108 Å². The Kier molecular flexibility index (Phi) is 5.20. The molecule has 5 rings (SSSR count). The summed E-state index contributed by atoms with van der Waals surface area (Å²) >= 11 is 0. The molecule has 1 amide bonds. The number of benzene rings is 4. The number of oxazole rings is 1. The lowest BCUT2D eigenvalue weighted by Gasteiger charge is -2.08. The second-order valence-electron chi connectivity index (χ2n) is 8.34. The van der Waals surface area contributed by atoms with Gasteiger partial charge < -0.3 is 9.73 Å². The van der Waals surface area contributed by atoms with Crippen molar-refractivity contribution < 1.29 is 9.21 Å². The Morgan fingerprint density at radius 2 is 1.72 bits per heavy atom. The van der Waals surface area contributed by atoms with Gasteiger partial charge in [-0.1, -0.05) is 68.4 Å². The molecular weight excluding hydrogens is 396 g/mol. The van der Waals surface area contributed by atoms with Crippen LogP contribution in [-0.2, 0) is 6.42 Å². The normalized spacial score (nSPS) is 11.3. The van der Waals surface area contributed by atoms with Gasteiger partial charge in [-0.05, 0) is 58.1 Å². The quantitative estimate of drug-likeness (QED) is 0.335. The number of amides is 1. The molecule has 0 spiro atoms. The second-order valence-corrected chi connectivity index (χ2v) is 8.34. The largest absolute Gasteiger partial charge is 0.440 e. The molecule has 0 saturated heterocycles. The molecule has 4 heteroatoms. The molecule has 0 atom stereocenters. The molecule has 0 saturated carbocycles. The Hall–Kier alpha value is -3.92. The number of fused-ring (bicyclic) bond motifs is 2. The van der Waals surface area contributed by atoms with Crippen molar-refractivity contribution in [3.63, 3.8) is 0 Å². The summed E-state index contributed by atoms with van der Waals surface area (Å²) in [7, 11) is 0. The summed E-state index contributed by atoms with van der Waals surface area (Å²) in [5, 5.41) is 5.00. The topological polar surface area (TPSA) is 55.1 Å². The third-order valence-electron chi connectivity index (χ3n) is 5.72. The SMILES string of the molecule is CC(C)c1ccc2oc(Cc3ccc(NC(=O)c4cccc5ccccc45)cc3)nc2c1. The lowest BCUT2D eigenvalue weighted by molar-refractivity contribution is 0.102. The molecule has 0 fully saturated rings. The van der Waals surface area contributed by atoms with E-state index in [0.717, 1.165) is 33.1 Å². The first-order chi connectivity index (χ1) is 15.6. The standard InChI is InChI=1S/C28H24N2O2/c1-18(2)21-12-15-26-25(17-21)30-27(32-26)16-19-10-13-22(14-11-19)29-28(31)24-9-5-7-20-6-3-4-8-23(20)24/h3-15,17-18H,16H2,1-2H3,(H,29,31). The average Bonchev–Trinajstić information content (AvgIpc) is 3.21. The van der Waals surface area contributed by atoms with E-state index in [1.807, 2.05) is 72.8 Å². The summed E-state index contributed by atoms with van der Waals surface area (Å²) in [5.74, 6) is 1.03. The summed E-state index contributed by atoms with van der Waals surface area (Å²) in [5.41, 5.74) is 5.45. The molecule has 0 aliphatic rings. The Labute approximate surface area is 186 Å². The fraction of sp³-hybridized carbons (Fsp3) is 0.143. The number of carbonyl (C=O) groups excluding carboxylic acids is 1. The van der Waals surface area contributed by atoms with Crippen molar-refractivity contribution in [2.75, 3.05) is 5.32 Å². The fourth-order valence-electron chi connectivity index (χ4n) is 3.93. The molecule has 0 aliphatic heterocycles. The van der Waals surface area contributed by atoms with E-state index in [1.54, 1.807) is 0 Å². The van der Waals surface area contributed by atoms with Crippen LogP contribution >= 0.6 is 0 Å². The lowest BCUT2D eigenvalue weighted by Crippen LogP contribution is -2.12. The van der Waals surface area contributed by atoms with Crippen LogP contribution in [0.25, 0.3) is 21.9 Å². The number of carbonyl (C=O) groups is 1. The van der Waals surface area contributed by atoms with Crippen molar-refractivity contribution in [3.8, 4) is 0 Å². The van der Waals surface area contributed by atoms with Crippen LogP contribution in [0.1, 0.15) is 47.1 Å². The zero-order valence-corrected chi connectivity index (χ0v) is 18.1. The van der Waals surface area contributed by atoms with Crippen LogP contribution in [0.2, 0.25) is 0 Å². The van der Waals surface area contributed by atoms with Crippen LogP contribution in [-0.4, -0.2) is 10.9 Å². The minimum Gasteiger partial charge on any atom is -0.440 e. The Morgan fingerprint density at radius 3 is 2.53 bits per heavy atom. The van der Waals surface area contributed by atoms with E-state index in [-0.39, 0.29) is 5.91 Å². The first-order valence-electron chi connectivity index (χ1n) is 10.8. The smallest absolute Gasteiger partial charge is 0.256 e. The summed E-state index contributed by atoms with van der Waals surface area (Å²) in [6.07, 6.45) is 0.600. The van der Waals surface area contributed by atoms with Crippen molar-refractivity contribution in [2.45, 2.75) is 26.2 Å². The molecule has 0 unspecified atom stereocenters. The number of anilines is 1. The summed E-state index contributed by atoms with van der Waals surface area (Å²) in [4.78, 5) is 17.5. The Morgan fingerprint density at radius 1 is 0.938 bits per heavy atom. The van der Waals surface area contributed by atoms with Crippen molar-refractivity contribution in [2.24, 2.45) is 0 Å². The molecule has 4 aromatic carbocycles. The van der Waals surface area contributed by atoms with Crippen LogP contribution < -0.4 is 5.32 Å². The highest BCUT2D eigenvalue weighted by molar-refractivity contribution is 6.12. The maximum absolute atomic E-state index is 12.8. The molecule has 0 aliphatic carbocycles. The van der Waals surface area contributed by atoms with Crippen LogP contribution in [0.4, 0.5) is 5.69 Å². The van der Waals surface area contributed by atoms with Gasteiger partial charge in [0, 0.05) is 17.7 Å². The Bertz CT molecular complexity index is 1410. The number of nitrogens with one attached hydrogen (secondary N) is 1. The molecule has 5 aromatic rings. The third kappa shape index (κ3) is 4.00. The molecule has 32 heavy (non-hydrogen) atoms. The molecule has 158 valence electrons. The van der Waals surface area contributed by atoms with Gasteiger partial charge in [-0.2, -0.15) is 0 Å². The second kappa shape index (κ2) is 8.31. The molecule has 0 bridgehead atoms. The predicted molar refractivity (Wildman–Crippen MR) is 129 cm³/mol. The zero-order valence-electron chi connectivity index (χ0n) is 18.1. The molecule has 1 N–H and O–H groups in total. The van der Waals surface area contributed by atoms with E-state index >= 15 is 0 Å². The lowest BCUT2D eigenvalue weighted by atomic mass is 10.0. The van der Waals surface area contributed by atoms with Gasteiger partial charge in [0.2, 0.25) is 0 Å². The average molecular weight is 421 g/mol.